The van der Waals surface area contributed by atoms with Gasteiger partial charge in [0.25, 0.3) is 0 Å². The molecular formula is C13H15NO3. The van der Waals surface area contributed by atoms with Crippen LogP contribution < -0.4 is 5.73 Å². The van der Waals surface area contributed by atoms with Gasteiger partial charge in [-0.2, -0.15) is 0 Å². The lowest BCUT2D eigenvalue weighted by Gasteiger charge is -2.09. The zero-order chi connectivity index (χ0) is 12.7. The van der Waals surface area contributed by atoms with E-state index in [0.29, 0.717) is 6.42 Å². The molecule has 0 fully saturated rings. The highest BCUT2D eigenvalue weighted by Gasteiger charge is 2.17. The second kappa shape index (κ2) is 6.60. The number of esters is 2. The highest BCUT2D eigenvalue weighted by molar-refractivity contribution is 5.93. The minimum atomic E-state index is -0.827. The average Bonchev–Trinajstić information content (AvgIpc) is 2.30. The van der Waals surface area contributed by atoms with Gasteiger partial charge in [-0.3, -0.25) is 0 Å². The van der Waals surface area contributed by atoms with Crippen molar-refractivity contribution in [3.05, 3.63) is 48.0 Å². The summed E-state index contributed by atoms with van der Waals surface area (Å²) in [6.07, 6.45) is 3.02. The van der Waals surface area contributed by atoms with Crippen LogP contribution in [0.15, 0.2) is 42.5 Å². The van der Waals surface area contributed by atoms with Crippen LogP contribution in [0.25, 0.3) is 0 Å². The van der Waals surface area contributed by atoms with Crippen molar-refractivity contribution in [2.45, 2.75) is 19.4 Å². The molecule has 0 aromatic heterocycles. The summed E-state index contributed by atoms with van der Waals surface area (Å²) in [6.45, 7) is 1.66. The second-order valence-corrected chi connectivity index (χ2v) is 3.54. The molecule has 1 atom stereocenters. The molecule has 0 unspecified atom stereocenters. The van der Waals surface area contributed by atoms with Gasteiger partial charge in [-0.15, -0.1) is 0 Å². The van der Waals surface area contributed by atoms with Crippen molar-refractivity contribution in [1.29, 1.82) is 0 Å². The molecule has 17 heavy (non-hydrogen) atoms. The van der Waals surface area contributed by atoms with E-state index >= 15 is 0 Å². The van der Waals surface area contributed by atoms with Crippen LogP contribution in [0.2, 0.25) is 0 Å². The third-order valence-electron chi connectivity index (χ3n) is 2.11. The quantitative estimate of drug-likeness (QED) is 0.482. The normalized spacial score (nSPS) is 12.4. The number of carbonyl (C=O) groups excluding carboxylic acids is 2. The van der Waals surface area contributed by atoms with Gasteiger partial charge in [-0.25, -0.2) is 9.59 Å². The Balaban J connectivity index is 2.50. The summed E-state index contributed by atoms with van der Waals surface area (Å²) in [5.74, 6) is -1.40. The molecule has 0 heterocycles. The number of hydrogen-bond acceptors (Lipinski definition) is 4. The van der Waals surface area contributed by atoms with Crippen molar-refractivity contribution in [1.82, 2.24) is 0 Å². The first-order valence-electron chi connectivity index (χ1n) is 5.31. The number of nitrogens with two attached hydrogens (primary N) is 1. The lowest BCUT2D eigenvalue weighted by Crippen LogP contribution is -2.35. The molecule has 0 bridgehead atoms. The standard InChI is InChI=1S/C13H15NO3/c1-2-6-12(15)17-13(16)11(14)9-10-7-4-3-5-8-10/h2-8,11H,9,14H2,1H3/t11-/m0/s1. The number of allylic oxidation sites excluding steroid dienone is 1. The van der Waals surface area contributed by atoms with Gasteiger partial charge in [0, 0.05) is 6.08 Å². The Labute approximate surface area is 100 Å². The highest BCUT2D eigenvalue weighted by atomic mass is 16.6. The van der Waals surface area contributed by atoms with Gasteiger partial charge in [0.1, 0.15) is 6.04 Å². The molecule has 0 spiro atoms. The van der Waals surface area contributed by atoms with Crippen molar-refractivity contribution in [3.63, 3.8) is 0 Å². The van der Waals surface area contributed by atoms with E-state index in [9.17, 15) is 9.59 Å². The zero-order valence-electron chi connectivity index (χ0n) is 9.63. The van der Waals surface area contributed by atoms with E-state index in [-0.39, 0.29) is 0 Å². The molecule has 4 heteroatoms. The summed E-state index contributed by atoms with van der Waals surface area (Å²) in [5.41, 5.74) is 6.57. The summed E-state index contributed by atoms with van der Waals surface area (Å²) in [4.78, 5) is 22.5. The first-order chi connectivity index (χ1) is 8.13. The predicted molar refractivity (Wildman–Crippen MR) is 64.0 cm³/mol. The van der Waals surface area contributed by atoms with Crippen molar-refractivity contribution >= 4 is 11.9 Å². The SMILES string of the molecule is CC=CC(=O)OC(=O)[C@@H](N)Cc1ccccc1. The molecule has 1 rings (SSSR count). The molecule has 0 radical (unpaired) electrons. The molecule has 0 saturated carbocycles. The van der Waals surface area contributed by atoms with Gasteiger partial charge in [-0.05, 0) is 18.9 Å². The number of benzene rings is 1. The summed E-state index contributed by atoms with van der Waals surface area (Å²) >= 11 is 0. The summed E-state index contributed by atoms with van der Waals surface area (Å²) in [6, 6.07) is 8.49. The van der Waals surface area contributed by atoms with Crippen LogP contribution in [-0.2, 0) is 20.7 Å². The van der Waals surface area contributed by atoms with Crippen LogP contribution in [0, 0.1) is 0 Å². The molecule has 0 saturated heterocycles. The van der Waals surface area contributed by atoms with Crippen LogP contribution in [0.5, 0.6) is 0 Å². The molecule has 4 nitrogen and oxygen atoms in total. The van der Waals surface area contributed by atoms with E-state index in [0.717, 1.165) is 5.56 Å². The van der Waals surface area contributed by atoms with Crippen LogP contribution >= 0.6 is 0 Å². The van der Waals surface area contributed by atoms with E-state index < -0.39 is 18.0 Å². The summed E-state index contributed by atoms with van der Waals surface area (Å²) in [5, 5.41) is 0. The maximum atomic E-state index is 11.4. The topological polar surface area (TPSA) is 69.4 Å². The molecule has 0 aliphatic heterocycles. The van der Waals surface area contributed by atoms with Gasteiger partial charge in [0.2, 0.25) is 0 Å². The molecule has 0 aliphatic carbocycles. The number of ether oxygens (including phenoxy) is 1. The minimum absolute atomic E-state index is 0.350. The van der Waals surface area contributed by atoms with E-state index in [1.807, 2.05) is 30.3 Å². The monoisotopic (exact) mass is 233 g/mol. The molecule has 2 N–H and O–H groups in total. The predicted octanol–water partition coefficient (Wildman–Crippen LogP) is 1.20. The first kappa shape index (κ1) is 13.1. The van der Waals surface area contributed by atoms with Crippen molar-refractivity contribution < 1.29 is 14.3 Å². The Morgan fingerprint density at radius 1 is 1.35 bits per heavy atom. The largest absolute Gasteiger partial charge is 0.389 e. The Bertz CT molecular complexity index is 412. The zero-order valence-corrected chi connectivity index (χ0v) is 9.63. The number of rotatable bonds is 4. The van der Waals surface area contributed by atoms with E-state index in [4.69, 9.17) is 5.73 Å². The first-order valence-corrected chi connectivity index (χ1v) is 5.31. The average molecular weight is 233 g/mol. The smallest absolute Gasteiger partial charge is 0.338 e. The van der Waals surface area contributed by atoms with Gasteiger partial charge in [0.05, 0.1) is 0 Å². The summed E-state index contributed by atoms with van der Waals surface area (Å²) in [7, 11) is 0. The molecule has 90 valence electrons. The summed E-state index contributed by atoms with van der Waals surface area (Å²) < 4.78 is 4.54. The van der Waals surface area contributed by atoms with Gasteiger partial charge in [0.15, 0.2) is 0 Å². The van der Waals surface area contributed by atoms with Crippen LogP contribution in [0.4, 0.5) is 0 Å². The fourth-order valence-electron chi connectivity index (χ4n) is 1.30. The van der Waals surface area contributed by atoms with E-state index in [1.54, 1.807) is 6.92 Å². The fourth-order valence-corrected chi connectivity index (χ4v) is 1.30. The maximum Gasteiger partial charge on any atom is 0.338 e. The van der Waals surface area contributed by atoms with Crippen LogP contribution in [0.1, 0.15) is 12.5 Å². The Morgan fingerprint density at radius 3 is 2.59 bits per heavy atom. The number of carbonyl (C=O) groups is 2. The Morgan fingerprint density at radius 2 is 2.00 bits per heavy atom. The van der Waals surface area contributed by atoms with Crippen molar-refractivity contribution in [2.75, 3.05) is 0 Å². The van der Waals surface area contributed by atoms with E-state index in [1.165, 1.54) is 12.2 Å². The van der Waals surface area contributed by atoms with Crippen molar-refractivity contribution in [2.24, 2.45) is 5.73 Å². The van der Waals surface area contributed by atoms with Crippen molar-refractivity contribution in [3.8, 4) is 0 Å². The van der Waals surface area contributed by atoms with Crippen LogP contribution in [0.3, 0.4) is 0 Å². The molecule has 1 aromatic rings. The molecule has 0 aliphatic rings. The molecule has 0 amide bonds. The van der Waals surface area contributed by atoms with E-state index in [2.05, 4.69) is 4.74 Å². The minimum Gasteiger partial charge on any atom is -0.389 e. The fraction of sp³-hybridized carbons (Fsp3) is 0.231. The Kier molecular flexibility index (Phi) is 5.10. The molecular weight excluding hydrogens is 218 g/mol. The third kappa shape index (κ3) is 4.61. The third-order valence-corrected chi connectivity index (χ3v) is 2.11. The van der Waals surface area contributed by atoms with Gasteiger partial charge in [-0.1, -0.05) is 36.4 Å². The lowest BCUT2D eigenvalue weighted by molar-refractivity contribution is -0.157. The van der Waals surface area contributed by atoms with Crippen LogP contribution in [-0.4, -0.2) is 18.0 Å². The number of hydrogen-bond donors (Lipinski definition) is 1. The highest BCUT2D eigenvalue weighted by Crippen LogP contribution is 2.03. The van der Waals surface area contributed by atoms with Gasteiger partial charge >= 0.3 is 11.9 Å². The lowest BCUT2D eigenvalue weighted by atomic mass is 10.1. The van der Waals surface area contributed by atoms with Gasteiger partial charge < -0.3 is 10.5 Å². The maximum absolute atomic E-state index is 11.4. The second-order valence-electron chi connectivity index (χ2n) is 3.54. The Hall–Kier alpha value is -1.94. The molecule has 1 aromatic carbocycles.